The summed E-state index contributed by atoms with van der Waals surface area (Å²) in [5.74, 6) is 1.35. The molecule has 0 aliphatic rings. The summed E-state index contributed by atoms with van der Waals surface area (Å²) in [5, 5.41) is 14.2. The lowest BCUT2D eigenvalue weighted by atomic mass is 10.1. The molecule has 0 fully saturated rings. The van der Waals surface area contributed by atoms with Crippen LogP contribution in [0, 0.1) is 10.1 Å². The normalized spacial score (nSPS) is 10.9. The first-order valence-corrected chi connectivity index (χ1v) is 10.8. The number of hydrogen-bond acceptors (Lipinski definition) is 8. The lowest BCUT2D eigenvalue weighted by Gasteiger charge is -2.12. The van der Waals surface area contributed by atoms with Crippen molar-refractivity contribution in [1.82, 2.24) is 0 Å². The number of benzene rings is 3. The molecule has 0 spiro atoms. The molecular formula is C27H26N2O7. The van der Waals surface area contributed by atoms with Gasteiger partial charge in [-0.3, -0.25) is 14.9 Å². The van der Waals surface area contributed by atoms with Crippen LogP contribution >= 0.6 is 0 Å². The van der Waals surface area contributed by atoms with E-state index in [-0.39, 0.29) is 22.8 Å². The number of carbonyl (C=O) groups excluding carboxylic acids is 1. The van der Waals surface area contributed by atoms with Gasteiger partial charge >= 0.3 is 5.69 Å². The number of nitrogens with zero attached hydrogens (tertiary/aromatic N) is 1. The standard InChI is InChI=1S/C27H26N2O7/c1-33-24-11-10-20(17-22(24)29(31)32)23(30)12-13-28-21-7-5-6-18(14-21)8-9-19-15-25(34-2)27(36-4)26(16-19)35-3/h5-17,28H,1-4H3/b9-8?,13-12-. The fraction of sp³-hybridized carbons (Fsp3) is 0.148. The lowest BCUT2D eigenvalue weighted by molar-refractivity contribution is -0.385. The molecule has 1 N–H and O–H groups in total. The zero-order valence-corrected chi connectivity index (χ0v) is 20.3. The molecule has 0 saturated heterocycles. The summed E-state index contributed by atoms with van der Waals surface area (Å²) in [6.07, 6.45) is 6.64. The number of ketones is 1. The summed E-state index contributed by atoms with van der Waals surface area (Å²) in [6.45, 7) is 0. The molecule has 0 aliphatic heterocycles. The van der Waals surface area contributed by atoms with E-state index in [4.69, 9.17) is 18.9 Å². The number of allylic oxidation sites excluding steroid dienone is 1. The number of hydrogen-bond donors (Lipinski definition) is 1. The summed E-state index contributed by atoms with van der Waals surface area (Å²) in [7, 11) is 6.01. The van der Waals surface area contributed by atoms with E-state index in [0.717, 1.165) is 16.8 Å². The van der Waals surface area contributed by atoms with Crippen molar-refractivity contribution in [2.24, 2.45) is 0 Å². The van der Waals surface area contributed by atoms with Gasteiger partial charge in [-0.1, -0.05) is 24.3 Å². The Morgan fingerprint density at radius 3 is 2.11 bits per heavy atom. The Morgan fingerprint density at radius 1 is 0.833 bits per heavy atom. The third-order valence-corrected chi connectivity index (χ3v) is 5.19. The van der Waals surface area contributed by atoms with E-state index in [9.17, 15) is 14.9 Å². The maximum atomic E-state index is 12.5. The van der Waals surface area contributed by atoms with Crippen LogP contribution in [0.1, 0.15) is 21.5 Å². The minimum Gasteiger partial charge on any atom is -0.493 e. The Labute approximate surface area is 208 Å². The minimum atomic E-state index is -0.589. The molecule has 0 radical (unpaired) electrons. The van der Waals surface area contributed by atoms with Crippen LogP contribution in [0.2, 0.25) is 0 Å². The molecule has 3 rings (SSSR count). The fourth-order valence-corrected chi connectivity index (χ4v) is 3.42. The number of nitrogens with one attached hydrogen (secondary N) is 1. The lowest BCUT2D eigenvalue weighted by Crippen LogP contribution is -2.00. The molecule has 186 valence electrons. The second-order valence-corrected chi connectivity index (χ2v) is 7.40. The summed E-state index contributed by atoms with van der Waals surface area (Å²) >= 11 is 0. The van der Waals surface area contributed by atoms with E-state index in [0.29, 0.717) is 17.2 Å². The van der Waals surface area contributed by atoms with Gasteiger partial charge in [0.15, 0.2) is 23.0 Å². The number of carbonyl (C=O) groups is 1. The molecule has 0 atom stereocenters. The van der Waals surface area contributed by atoms with Gasteiger partial charge in [0, 0.05) is 29.6 Å². The number of rotatable bonds is 11. The van der Waals surface area contributed by atoms with Gasteiger partial charge in [-0.25, -0.2) is 0 Å². The van der Waals surface area contributed by atoms with Gasteiger partial charge in [0.1, 0.15) is 0 Å². The van der Waals surface area contributed by atoms with E-state index in [1.807, 2.05) is 48.6 Å². The molecule has 0 unspecified atom stereocenters. The maximum Gasteiger partial charge on any atom is 0.311 e. The van der Waals surface area contributed by atoms with E-state index in [1.54, 1.807) is 21.3 Å². The highest BCUT2D eigenvalue weighted by atomic mass is 16.6. The second-order valence-electron chi connectivity index (χ2n) is 7.40. The van der Waals surface area contributed by atoms with Gasteiger partial charge in [-0.05, 0) is 47.5 Å². The molecule has 0 amide bonds. The first kappa shape index (κ1) is 25.8. The average Bonchev–Trinajstić information content (AvgIpc) is 2.90. The molecular weight excluding hydrogens is 464 g/mol. The fourth-order valence-electron chi connectivity index (χ4n) is 3.42. The molecule has 0 aromatic heterocycles. The Kier molecular flexibility index (Phi) is 8.66. The van der Waals surface area contributed by atoms with E-state index >= 15 is 0 Å². The molecule has 0 saturated carbocycles. The van der Waals surface area contributed by atoms with Crippen LogP contribution in [-0.2, 0) is 0 Å². The average molecular weight is 491 g/mol. The number of anilines is 1. The maximum absolute atomic E-state index is 12.5. The first-order valence-electron chi connectivity index (χ1n) is 10.8. The zero-order chi connectivity index (χ0) is 26.1. The predicted molar refractivity (Wildman–Crippen MR) is 138 cm³/mol. The van der Waals surface area contributed by atoms with Gasteiger partial charge in [0.05, 0.1) is 33.4 Å². The molecule has 3 aromatic rings. The van der Waals surface area contributed by atoms with E-state index < -0.39 is 4.92 Å². The van der Waals surface area contributed by atoms with Crippen LogP contribution in [-0.4, -0.2) is 39.1 Å². The van der Waals surface area contributed by atoms with E-state index in [2.05, 4.69) is 5.32 Å². The Morgan fingerprint density at radius 2 is 1.50 bits per heavy atom. The van der Waals surface area contributed by atoms with Gasteiger partial charge < -0.3 is 24.3 Å². The van der Waals surface area contributed by atoms with Crippen LogP contribution in [0.4, 0.5) is 11.4 Å². The largest absolute Gasteiger partial charge is 0.493 e. The highest BCUT2D eigenvalue weighted by molar-refractivity contribution is 6.05. The van der Waals surface area contributed by atoms with Gasteiger partial charge in [0.25, 0.3) is 0 Å². The molecule has 0 aliphatic carbocycles. The van der Waals surface area contributed by atoms with Gasteiger partial charge in [-0.2, -0.15) is 0 Å². The van der Waals surface area contributed by atoms with Gasteiger partial charge in [0.2, 0.25) is 5.75 Å². The first-order chi connectivity index (χ1) is 17.4. The van der Waals surface area contributed by atoms with Crippen LogP contribution in [0.25, 0.3) is 12.2 Å². The molecule has 0 heterocycles. The Balaban J connectivity index is 1.72. The number of ether oxygens (including phenoxy) is 4. The van der Waals surface area contributed by atoms with Crippen LogP contribution in [0.3, 0.4) is 0 Å². The van der Waals surface area contributed by atoms with Crippen molar-refractivity contribution in [3.05, 3.63) is 93.7 Å². The third kappa shape index (κ3) is 6.20. The second kappa shape index (κ2) is 12.1. The summed E-state index contributed by atoms with van der Waals surface area (Å²) in [6, 6.07) is 15.3. The van der Waals surface area contributed by atoms with Crippen molar-refractivity contribution >= 4 is 29.3 Å². The van der Waals surface area contributed by atoms with Gasteiger partial charge in [-0.15, -0.1) is 0 Å². The van der Waals surface area contributed by atoms with Crippen molar-refractivity contribution in [2.75, 3.05) is 33.8 Å². The number of methoxy groups -OCH3 is 4. The van der Waals surface area contributed by atoms with E-state index in [1.165, 1.54) is 37.6 Å². The van der Waals surface area contributed by atoms with Crippen molar-refractivity contribution < 1.29 is 28.7 Å². The Bertz CT molecular complexity index is 1290. The highest BCUT2D eigenvalue weighted by Gasteiger charge is 2.17. The summed E-state index contributed by atoms with van der Waals surface area (Å²) in [5.41, 5.74) is 2.45. The number of nitro groups is 1. The molecule has 9 nitrogen and oxygen atoms in total. The zero-order valence-electron chi connectivity index (χ0n) is 20.3. The van der Waals surface area contributed by atoms with Crippen molar-refractivity contribution in [3.63, 3.8) is 0 Å². The topological polar surface area (TPSA) is 109 Å². The third-order valence-electron chi connectivity index (χ3n) is 5.19. The monoisotopic (exact) mass is 490 g/mol. The quantitative estimate of drug-likeness (QED) is 0.121. The van der Waals surface area contributed by atoms with Crippen molar-refractivity contribution in [2.45, 2.75) is 0 Å². The van der Waals surface area contributed by atoms with Crippen molar-refractivity contribution in [1.29, 1.82) is 0 Å². The summed E-state index contributed by atoms with van der Waals surface area (Å²) < 4.78 is 21.1. The number of nitro benzene ring substituents is 1. The molecule has 0 bridgehead atoms. The SMILES string of the molecule is COc1ccc(C(=O)/C=C\Nc2cccc(C=Cc3cc(OC)c(OC)c(OC)c3)c2)cc1[N+](=O)[O-]. The summed E-state index contributed by atoms with van der Waals surface area (Å²) in [4.78, 5) is 23.1. The van der Waals surface area contributed by atoms with Crippen LogP contribution in [0.5, 0.6) is 23.0 Å². The minimum absolute atomic E-state index is 0.0926. The van der Waals surface area contributed by atoms with Crippen LogP contribution < -0.4 is 24.3 Å². The molecule has 9 heteroatoms. The van der Waals surface area contributed by atoms with Crippen molar-refractivity contribution in [3.8, 4) is 23.0 Å². The molecule has 3 aromatic carbocycles. The Hall–Kier alpha value is -4.79. The highest BCUT2D eigenvalue weighted by Crippen LogP contribution is 2.38. The predicted octanol–water partition coefficient (Wildman–Crippen LogP) is 5.61. The molecule has 36 heavy (non-hydrogen) atoms. The van der Waals surface area contributed by atoms with Crippen LogP contribution in [0.15, 0.2) is 66.9 Å². The smallest absolute Gasteiger partial charge is 0.311 e.